The molecule has 0 saturated carbocycles. The summed E-state index contributed by atoms with van der Waals surface area (Å²) >= 11 is 2.98. The van der Waals surface area contributed by atoms with Crippen molar-refractivity contribution in [3.63, 3.8) is 0 Å². The van der Waals surface area contributed by atoms with E-state index in [2.05, 4.69) is 23.2 Å². The Kier molecular flexibility index (Phi) is 5.88. The van der Waals surface area contributed by atoms with Crippen molar-refractivity contribution in [2.24, 2.45) is 5.73 Å². The van der Waals surface area contributed by atoms with Crippen LogP contribution in [0.4, 0.5) is 9.52 Å². The first-order chi connectivity index (χ1) is 14.6. The fraction of sp³-hybridized carbons (Fsp3) is 0.333. The maximum atomic E-state index is 14.7. The van der Waals surface area contributed by atoms with Gasteiger partial charge in [0.25, 0.3) is 0 Å². The third-order valence-electron chi connectivity index (χ3n) is 5.15. The quantitative estimate of drug-likeness (QED) is 0.683. The largest absolute Gasteiger partial charge is 0.384 e. The lowest BCUT2D eigenvalue weighted by molar-refractivity contribution is -0.116. The van der Waals surface area contributed by atoms with Crippen LogP contribution in [0.15, 0.2) is 51.3 Å². The number of benzene rings is 1. The summed E-state index contributed by atoms with van der Waals surface area (Å²) < 4.78 is 15.5. The highest BCUT2D eigenvalue weighted by atomic mass is 32.2. The number of Topliss-reactive ketones (excluding diaryl/α,β-unsaturated/α-hetero) is 1. The van der Waals surface area contributed by atoms with E-state index in [-0.39, 0.29) is 22.7 Å². The second-order valence-electron chi connectivity index (χ2n) is 7.04. The molecule has 0 amide bonds. The predicted molar refractivity (Wildman–Crippen MR) is 115 cm³/mol. The van der Waals surface area contributed by atoms with E-state index in [1.807, 2.05) is 0 Å². The van der Waals surface area contributed by atoms with E-state index in [1.165, 1.54) is 17.4 Å². The zero-order chi connectivity index (χ0) is 21.3. The molecule has 1 aromatic heterocycles. The number of nitrogens with zero attached hydrogens (tertiary/aromatic N) is 4. The van der Waals surface area contributed by atoms with Crippen LogP contribution in [0.2, 0.25) is 0 Å². The zero-order valence-electron chi connectivity index (χ0n) is 16.4. The van der Waals surface area contributed by atoms with Crippen LogP contribution in [0.1, 0.15) is 44.1 Å². The number of ketones is 1. The second-order valence-corrected chi connectivity index (χ2v) is 9.33. The highest BCUT2D eigenvalue weighted by molar-refractivity contribution is 8.01. The molecule has 1 aliphatic heterocycles. The highest BCUT2D eigenvalue weighted by Gasteiger charge is 2.42. The van der Waals surface area contributed by atoms with Crippen molar-refractivity contribution in [2.75, 3.05) is 10.7 Å². The van der Waals surface area contributed by atoms with Crippen molar-refractivity contribution in [2.45, 2.75) is 42.9 Å². The smallest absolute Gasteiger partial charge is 0.219 e. The Morgan fingerprint density at radius 1 is 1.37 bits per heavy atom. The zero-order valence-corrected chi connectivity index (χ0v) is 18.0. The summed E-state index contributed by atoms with van der Waals surface area (Å²) in [6.07, 6.45) is 2.65. The molecule has 0 fully saturated rings. The molecule has 2 N–H and O–H groups in total. The molecule has 9 heteroatoms. The number of nitriles is 1. The first-order valence-corrected chi connectivity index (χ1v) is 11.5. The van der Waals surface area contributed by atoms with Gasteiger partial charge in [0.1, 0.15) is 11.6 Å². The summed E-state index contributed by atoms with van der Waals surface area (Å²) in [5.74, 6) is -0.249. The minimum Gasteiger partial charge on any atom is -0.384 e. The molecule has 30 heavy (non-hydrogen) atoms. The van der Waals surface area contributed by atoms with Gasteiger partial charge in [0.05, 0.1) is 17.6 Å². The van der Waals surface area contributed by atoms with Crippen molar-refractivity contribution >= 4 is 34.0 Å². The Morgan fingerprint density at radius 3 is 2.90 bits per heavy atom. The summed E-state index contributed by atoms with van der Waals surface area (Å²) in [6.45, 7) is 2.09. The van der Waals surface area contributed by atoms with Crippen molar-refractivity contribution < 1.29 is 9.18 Å². The molecule has 2 aliphatic rings. The van der Waals surface area contributed by atoms with Crippen molar-refractivity contribution in [1.82, 2.24) is 10.2 Å². The van der Waals surface area contributed by atoms with Gasteiger partial charge in [0, 0.05) is 29.0 Å². The molecule has 4 rings (SSSR count). The summed E-state index contributed by atoms with van der Waals surface area (Å²) in [4.78, 5) is 14.7. The molecule has 0 bridgehead atoms. The standard InChI is InChI=1S/C21H20FN5OS2/c1-2-10-29-21-26-25-20(30-21)27-15-8-5-9-16(28)18(15)17(13(11-23)19(27)24)12-6-3-4-7-14(12)22/h3-4,6-7,17H,2,5,8-10,24H2,1H3. The van der Waals surface area contributed by atoms with E-state index in [0.717, 1.165) is 16.5 Å². The van der Waals surface area contributed by atoms with E-state index in [4.69, 9.17) is 5.73 Å². The first-order valence-electron chi connectivity index (χ1n) is 9.73. The number of hydrogen-bond acceptors (Lipinski definition) is 8. The molecule has 1 atom stereocenters. The van der Waals surface area contributed by atoms with Gasteiger partial charge in [-0.3, -0.25) is 9.69 Å². The van der Waals surface area contributed by atoms with Crippen LogP contribution in [0.25, 0.3) is 0 Å². The molecule has 0 saturated heterocycles. The lowest BCUT2D eigenvalue weighted by atomic mass is 9.75. The van der Waals surface area contributed by atoms with E-state index in [1.54, 1.807) is 34.9 Å². The summed E-state index contributed by atoms with van der Waals surface area (Å²) in [5, 5.41) is 19.0. The minimum atomic E-state index is -0.808. The number of halogens is 1. The molecular formula is C21H20FN5OS2. The maximum Gasteiger partial charge on any atom is 0.219 e. The van der Waals surface area contributed by atoms with Gasteiger partial charge in [-0.15, -0.1) is 10.2 Å². The summed E-state index contributed by atoms with van der Waals surface area (Å²) in [7, 11) is 0. The van der Waals surface area contributed by atoms with Crippen molar-refractivity contribution in [3.05, 3.63) is 58.3 Å². The van der Waals surface area contributed by atoms with Crippen LogP contribution in [0.5, 0.6) is 0 Å². The number of carbonyl (C=O) groups excluding carboxylic acids is 1. The topological polar surface area (TPSA) is 95.9 Å². The molecule has 154 valence electrons. The lowest BCUT2D eigenvalue weighted by Crippen LogP contribution is -2.38. The average Bonchev–Trinajstić information content (AvgIpc) is 3.20. The monoisotopic (exact) mass is 441 g/mol. The van der Waals surface area contributed by atoms with Gasteiger partial charge in [0.2, 0.25) is 5.13 Å². The maximum absolute atomic E-state index is 14.7. The Labute approximate surface area is 182 Å². The SMILES string of the molecule is CCCSc1nnc(N2C(N)=C(C#N)C(c3ccccc3F)C3=C2CCCC3=O)s1. The second kappa shape index (κ2) is 8.58. The summed E-state index contributed by atoms with van der Waals surface area (Å²) in [6, 6.07) is 8.36. The number of allylic oxidation sites excluding steroid dienone is 3. The van der Waals surface area contributed by atoms with Gasteiger partial charge < -0.3 is 5.73 Å². The average molecular weight is 442 g/mol. The molecule has 1 unspecified atom stereocenters. The van der Waals surface area contributed by atoms with Gasteiger partial charge in [0.15, 0.2) is 10.1 Å². The lowest BCUT2D eigenvalue weighted by Gasteiger charge is -2.38. The number of rotatable bonds is 5. The van der Waals surface area contributed by atoms with E-state index in [0.29, 0.717) is 35.7 Å². The number of thioether (sulfide) groups is 1. The molecule has 0 spiro atoms. The normalized spacial score (nSPS) is 19.2. The Hall–Kier alpha value is -2.70. The Balaban J connectivity index is 1.88. The first kappa shape index (κ1) is 20.6. The number of anilines is 1. The highest BCUT2D eigenvalue weighted by Crippen LogP contribution is 2.47. The van der Waals surface area contributed by atoms with Gasteiger partial charge in [-0.05, 0) is 25.3 Å². The van der Waals surface area contributed by atoms with E-state index < -0.39 is 11.7 Å². The molecule has 6 nitrogen and oxygen atoms in total. The van der Waals surface area contributed by atoms with Crippen LogP contribution >= 0.6 is 23.1 Å². The molecule has 2 aromatic rings. The van der Waals surface area contributed by atoms with Gasteiger partial charge in [-0.25, -0.2) is 4.39 Å². The van der Waals surface area contributed by atoms with Crippen LogP contribution in [0.3, 0.4) is 0 Å². The Morgan fingerprint density at radius 2 is 2.17 bits per heavy atom. The van der Waals surface area contributed by atoms with Crippen molar-refractivity contribution in [1.29, 1.82) is 5.26 Å². The van der Waals surface area contributed by atoms with E-state index in [9.17, 15) is 14.4 Å². The van der Waals surface area contributed by atoms with E-state index >= 15 is 0 Å². The molecule has 0 radical (unpaired) electrons. The molecular weight excluding hydrogens is 421 g/mol. The minimum absolute atomic E-state index is 0.0835. The number of hydrogen-bond donors (Lipinski definition) is 1. The van der Waals surface area contributed by atoms with Crippen molar-refractivity contribution in [3.8, 4) is 6.07 Å². The fourth-order valence-electron chi connectivity index (χ4n) is 3.87. The van der Waals surface area contributed by atoms with Crippen LogP contribution in [-0.2, 0) is 4.79 Å². The third kappa shape index (κ3) is 3.50. The van der Waals surface area contributed by atoms with Crippen LogP contribution in [-0.4, -0.2) is 21.7 Å². The van der Waals surface area contributed by atoms with Crippen LogP contribution < -0.4 is 10.6 Å². The fourth-order valence-corrected chi connectivity index (χ4v) is 5.67. The Bertz CT molecular complexity index is 1100. The summed E-state index contributed by atoms with van der Waals surface area (Å²) in [5.41, 5.74) is 8.03. The van der Waals surface area contributed by atoms with Gasteiger partial charge in [-0.2, -0.15) is 5.26 Å². The number of aromatic nitrogens is 2. The molecule has 1 aromatic carbocycles. The van der Waals surface area contributed by atoms with Gasteiger partial charge in [-0.1, -0.05) is 48.2 Å². The number of carbonyl (C=O) groups is 1. The number of nitrogens with two attached hydrogens (primary N) is 1. The third-order valence-corrected chi connectivity index (χ3v) is 7.39. The molecule has 2 heterocycles. The van der Waals surface area contributed by atoms with Crippen LogP contribution in [0, 0.1) is 17.1 Å². The predicted octanol–water partition coefficient (Wildman–Crippen LogP) is 4.48. The van der Waals surface area contributed by atoms with Gasteiger partial charge >= 0.3 is 0 Å². The molecule has 1 aliphatic carbocycles.